The minimum absolute atomic E-state index is 0.0598. The molecular weight excluding hydrogens is 365 g/mol. The van der Waals surface area contributed by atoms with Gasteiger partial charge in [-0.2, -0.15) is 0 Å². The zero-order valence-electron chi connectivity index (χ0n) is 15.0. The van der Waals surface area contributed by atoms with Crippen molar-refractivity contribution >= 4 is 40.9 Å². The molecule has 0 saturated heterocycles. The Bertz CT molecular complexity index is 610. The van der Waals surface area contributed by atoms with Crippen molar-refractivity contribution in [2.24, 2.45) is 5.92 Å². The molecule has 0 aliphatic carbocycles. The van der Waals surface area contributed by atoms with E-state index in [0.717, 1.165) is 12.5 Å². The fourth-order valence-corrected chi connectivity index (χ4v) is 3.40. The van der Waals surface area contributed by atoms with E-state index in [1.54, 1.807) is 6.92 Å². The first kappa shape index (κ1) is 21.8. The number of nitrogens with one attached hydrogen (secondary N) is 1. The van der Waals surface area contributed by atoms with E-state index in [1.165, 1.54) is 17.8 Å². The molecule has 7 heteroatoms. The van der Waals surface area contributed by atoms with E-state index in [9.17, 15) is 14.0 Å². The molecule has 0 bridgehead atoms. The number of anilines is 1. The van der Waals surface area contributed by atoms with Gasteiger partial charge in [-0.3, -0.25) is 9.59 Å². The zero-order valence-corrected chi connectivity index (χ0v) is 16.6. The molecule has 0 fully saturated rings. The summed E-state index contributed by atoms with van der Waals surface area (Å²) in [4.78, 5) is 24.4. The molecule has 0 aromatic heterocycles. The van der Waals surface area contributed by atoms with Gasteiger partial charge in [0.1, 0.15) is 11.1 Å². The Kier molecular flexibility index (Phi) is 9.28. The zero-order chi connectivity index (χ0) is 19.0. The van der Waals surface area contributed by atoms with E-state index in [4.69, 9.17) is 16.3 Å². The largest absolute Gasteiger partial charge is 0.465 e. The van der Waals surface area contributed by atoms with Gasteiger partial charge in [-0.15, -0.1) is 11.8 Å². The molecule has 4 nitrogen and oxygen atoms in total. The van der Waals surface area contributed by atoms with Gasteiger partial charge in [-0.05, 0) is 24.5 Å². The standard InChI is InChI=1S/C18H25ClFNO3S/c1-5-7-15(18(23)24-10-11(3)4)25-16-9-14(21-17(22)6-2)13(20)8-12(16)19/h8-9,11,15H,5-7,10H2,1-4H3,(H,21,22). The third kappa shape index (κ3) is 7.24. The second-order valence-corrected chi connectivity index (χ2v) is 7.74. The lowest BCUT2D eigenvalue weighted by Gasteiger charge is -2.17. The van der Waals surface area contributed by atoms with E-state index in [2.05, 4.69) is 5.32 Å². The molecule has 0 spiro atoms. The lowest BCUT2D eigenvalue weighted by Crippen LogP contribution is -2.22. The van der Waals surface area contributed by atoms with E-state index < -0.39 is 11.1 Å². The average Bonchev–Trinajstić information content (AvgIpc) is 2.55. The fourth-order valence-electron chi connectivity index (χ4n) is 1.94. The van der Waals surface area contributed by atoms with Crippen LogP contribution < -0.4 is 5.32 Å². The van der Waals surface area contributed by atoms with Crippen LogP contribution in [0, 0.1) is 11.7 Å². The Morgan fingerprint density at radius 2 is 2.00 bits per heavy atom. The van der Waals surface area contributed by atoms with Gasteiger partial charge in [0.2, 0.25) is 5.91 Å². The highest BCUT2D eigenvalue weighted by atomic mass is 35.5. The number of hydrogen-bond acceptors (Lipinski definition) is 4. The Morgan fingerprint density at radius 1 is 1.32 bits per heavy atom. The highest BCUT2D eigenvalue weighted by Crippen LogP contribution is 2.36. The van der Waals surface area contributed by atoms with Gasteiger partial charge in [0.15, 0.2) is 0 Å². The molecule has 1 N–H and O–H groups in total. The molecule has 140 valence electrons. The van der Waals surface area contributed by atoms with Crippen LogP contribution in [0.4, 0.5) is 10.1 Å². The molecular formula is C18H25ClFNO3S. The molecule has 1 rings (SSSR count). The van der Waals surface area contributed by atoms with Crippen molar-refractivity contribution in [3.05, 3.63) is 23.0 Å². The lowest BCUT2D eigenvalue weighted by atomic mass is 10.2. The number of amides is 1. The summed E-state index contributed by atoms with van der Waals surface area (Å²) in [5, 5.41) is 2.27. The van der Waals surface area contributed by atoms with Crippen LogP contribution in [-0.4, -0.2) is 23.7 Å². The summed E-state index contributed by atoms with van der Waals surface area (Å²) in [5.74, 6) is -0.953. The van der Waals surface area contributed by atoms with Crippen LogP contribution in [-0.2, 0) is 14.3 Å². The van der Waals surface area contributed by atoms with Crippen molar-refractivity contribution in [3.63, 3.8) is 0 Å². The molecule has 1 unspecified atom stereocenters. The van der Waals surface area contributed by atoms with Gasteiger partial charge in [-0.1, -0.05) is 45.7 Å². The maximum atomic E-state index is 14.0. The van der Waals surface area contributed by atoms with E-state index in [-0.39, 0.29) is 34.9 Å². The summed E-state index contributed by atoms with van der Waals surface area (Å²) in [6, 6.07) is 2.62. The van der Waals surface area contributed by atoms with Crippen molar-refractivity contribution in [1.82, 2.24) is 0 Å². The first-order valence-corrected chi connectivity index (χ1v) is 9.66. The van der Waals surface area contributed by atoms with Crippen molar-refractivity contribution < 1.29 is 18.7 Å². The van der Waals surface area contributed by atoms with Crippen molar-refractivity contribution in [2.75, 3.05) is 11.9 Å². The predicted molar refractivity (Wildman–Crippen MR) is 101 cm³/mol. The quantitative estimate of drug-likeness (QED) is 0.460. The molecule has 1 amide bonds. The Labute approximate surface area is 157 Å². The van der Waals surface area contributed by atoms with Crippen molar-refractivity contribution in [1.29, 1.82) is 0 Å². The number of esters is 1. The molecule has 0 aliphatic heterocycles. The van der Waals surface area contributed by atoms with E-state index in [1.807, 2.05) is 20.8 Å². The number of benzene rings is 1. The maximum Gasteiger partial charge on any atom is 0.319 e. The van der Waals surface area contributed by atoms with Crippen LogP contribution in [0.15, 0.2) is 17.0 Å². The molecule has 0 aliphatic rings. The van der Waals surface area contributed by atoms with E-state index in [0.29, 0.717) is 17.9 Å². The number of rotatable bonds is 9. The third-order valence-electron chi connectivity index (χ3n) is 3.26. The second kappa shape index (κ2) is 10.7. The van der Waals surface area contributed by atoms with Crippen LogP contribution in [0.1, 0.15) is 47.0 Å². The summed E-state index contributed by atoms with van der Waals surface area (Å²) >= 11 is 7.36. The second-order valence-electron chi connectivity index (χ2n) is 6.08. The minimum atomic E-state index is -0.606. The highest BCUT2D eigenvalue weighted by molar-refractivity contribution is 8.00. The first-order valence-electron chi connectivity index (χ1n) is 8.40. The lowest BCUT2D eigenvalue weighted by molar-refractivity contribution is -0.144. The Balaban J connectivity index is 2.97. The SMILES string of the molecule is CCCC(Sc1cc(NC(=O)CC)c(F)cc1Cl)C(=O)OCC(C)C. The van der Waals surface area contributed by atoms with Crippen LogP contribution in [0.3, 0.4) is 0 Å². The first-order chi connectivity index (χ1) is 11.8. The average molecular weight is 390 g/mol. The number of ether oxygens (including phenoxy) is 1. The molecule has 1 atom stereocenters. The number of thioether (sulfide) groups is 1. The summed E-state index contributed by atoms with van der Waals surface area (Å²) in [6.07, 6.45) is 1.66. The van der Waals surface area contributed by atoms with Gasteiger partial charge in [-0.25, -0.2) is 4.39 Å². The third-order valence-corrected chi connectivity index (χ3v) is 4.99. The summed E-state index contributed by atoms with van der Waals surface area (Å²) in [6.45, 7) is 7.95. The predicted octanol–water partition coefficient (Wildman–Crippen LogP) is 5.29. The summed E-state index contributed by atoms with van der Waals surface area (Å²) in [5.41, 5.74) is 0.0598. The molecule has 0 radical (unpaired) electrons. The van der Waals surface area contributed by atoms with E-state index >= 15 is 0 Å². The van der Waals surface area contributed by atoms with Gasteiger partial charge < -0.3 is 10.1 Å². The van der Waals surface area contributed by atoms with Crippen molar-refractivity contribution in [3.8, 4) is 0 Å². The van der Waals surface area contributed by atoms with Crippen LogP contribution in [0.2, 0.25) is 5.02 Å². The number of halogens is 2. The smallest absolute Gasteiger partial charge is 0.319 e. The van der Waals surface area contributed by atoms with Gasteiger partial charge in [0.05, 0.1) is 17.3 Å². The van der Waals surface area contributed by atoms with Crippen LogP contribution in [0.25, 0.3) is 0 Å². The van der Waals surface area contributed by atoms with Gasteiger partial charge in [0, 0.05) is 11.3 Å². The van der Waals surface area contributed by atoms with Gasteiger partial charge in [0.25, 0.3) is 0 Å². The number of carbonyl (C=O) groups excluding carboxylic acids is 2. The van der Waals surface area contributed by atoms with Gasteiger partial charge >= 0.3 is 5.97 Å². The molecule has 1 aromatic carbocycles. The molecule has 0 heterocycles. The number of hydrogen-bond donors (Lipinski definition) is 1. The summed E-state index contributed by atoms with van der Waals surface area (Å²) < 4.78 is 19.3. The topological polar surface area (TPSA) is 55.4 Å². The normalized spacial score (nSPS) is 12.1. The summed E-state index contributed by atoms with van der Waals surface area (Å²) in [7, 11) is 0. The van der Waals surface area contributed by atoms with Crippen LogP contribution >= 0.6 is 23.4 Å². The fraction of sp³-hybridized carbons (Fsp3) is 0.556. The molecule has 1 aromatic rings. The van der Waals surface area contributed by atoms with Crippen LogP contribution in [0.5, 0.6) is 0 Å². The maximum absolute atomic E-state index is 14.0. The minimum Gasteiger partial charge on any atom is -0.465 e. The Morgan fingerprint density at radius 3 is 2.56 bits per heavy atom. The number of carbonyl (C=O) groups is 2. The molecule has 0 saturated carbocycles. The molecule has 25 heavy (non-hydrogen) atoms. The monoisotopic (exact) mass is 389 g/mol. The van der Waals surface area contributed by atoms with Crippen molar-refractivity contribution in [2.45, 2.75) is 57.1 Å². The Hall–Kier alpha value is -1.27. The highest BCUT2D eigenvalue weighted by Gasteiger charge is 2.23.